The highest BCUT2D eigenvalue weighted by molar-refractivity contribution is 6.35. The molecule has 1 aromatic carbocycles. The number of halogens is 2. The number of aromatic nitrogens is 2. The molecule has 0 fully saturated rings. The summed E-state index contributed by atoms with van der Waals surface area (Å²) in [7, 11) is 0. The quantitative estimate of drug-likeness (QED) is 0.910. The van der Waals surface area contributed by atoms with Gasteiger partial charge in [-0.15, -0.1) is 0 Å². The van der Waals surface area contributed by atoms with Crippen molar-refractivity contribution in [2.24, 2.45) is 5.73 Å². The summed E-state index contributed by atoms with van der Waals surface area (Å²) in [5.41, 5.74) is 6.26. The van der Waals surface area contributed by atoms with Gasteiger partial charge in [-0.2, -0.15) is 0 Å². The standard InChI is InChI=1S/C12H12Cl2N4O/c13-8-3-9(14)5-10(4-8)17-12(19)11-6-18(2-1-15)7-16-11/h3-7H,1-2,15H2,(H,17,19). The predicted molar refractivity (Wildman–Crippen MR) is 75.7 cm³/mol. The number of benzene rings is 1. The second-order valence-corrected chi connectivity index (χ2v) is 4.77. The molecule has 5 nitrogen and oxygen atoms in total. The van der Waals surface area contributed by atoms with E-state index in [0.717, 1.165) is 0 Å². The van der Waals surface area contributed by atoms with E-state index in [2.05, 4.69) is 10.3 Å². The normalized spacial score (nSPS) is 10.5. The van der Waals surface area contributed by atoms with Crippen LogP contribution in [0.2, 0.25) is 10.0 Å². The maximum atomic E-state index is 11.9. The molecule has 0 atom stereocenters. The van der Waals surface area contributed by atoms with Crippen LogP contribution >= 0.6 is 23.2 Å². The van der Waals surface area contributed by atoms with E-state index in [1.54, 1.807) is 35.3 Å². The highest BCUT2D eigenvalue weighted by atomic mass is 35.5. The minimum Gasteiger partial charge on any atom is -0.335 e. The lowest BCUT2D eigenvalue weighted by Crippen LogP contribution is -2.12. The highest BCUT2D eigenvalue weighted by Gasteiger charge is 2.10. The van der Waals surface area contributed by atoms with Gasteiger partial charge in [-0.3, -0.25) is 4.79 Å². The Morgan fingerprint density at radius 2 is 2.00 bits per heavy atom. The monoisotopic (exact) mass is 298 g/mol. The molecule has 1 aromatic heterocycles. The average molecular weight is 299 g/mol. The van der Waals surface area contributed by atoms with Crippen molar-refractivity contribution >= 4 is 34.8 Å². The summed E-state index contributed by atoms with van der Waals surface area (Å²) in [6, 6.07) is 4.82. The lowest BCUT2D eigenvalue weighted by atomic mass is 10.3. The van der Waals surface area contributed by atoms with Crippen LogP contribution in [-0.2, 0) is 6.54 Å². The Morgan fingerprint density at radius 1 is 1.32 bits per heavy atom. The van der Waals surface area contributed by atoms with Crippen molar-refractivity contribution in [2.45, 2.75) is 6.54 Å². The van der Waals surface area contributed by atoms with Gasteiger partial charge in [-0.1, -0.05) is 23.2 Å². The van der Waals surface area contributed by atoms with E-state index in [9.17, 15) is 4.79 Å². The number of nitrogens with one attached hydrogen (secondary N) is 1. The van der Waals surface area contributed by atoms with Crippen molar-refractivity contribution in [2.75, 3.05) is 11.9 Å². The Kier molecular flexibility index (Phi) is 4.42. The van der Waals surface area contributed by atoms with Crippen LogP contribution < -0.4 is 11.1 Å². The van der Waals surface area contributed by atoms with Crippen LogP contribution in [0.3, 0.4) is 0 Å². The van der Waals surface area contributed by atoms with Crippen LogP contribution in [-0.4, -0.2) is 22.0 Å². The number of carbonyl (C=O) groups is 1. The number of nitrogens with two attached hydrogens (primary N) is 1. The number of hydrogen-bond donors (Lipinski definition) is 2. The average Bonchev–Trinajstić information content (AvgIpc) is 2.76. The van der Waals surface area contributed by atoms with Gasteiger partial charge in [0, 0.05) is 35.0 Å². The smallest absolute Gasteiger partial charge is 0.275 e. The SMILES string of the molecule is NCCn1cnc(C(=O)Nc2cc(Cl)cc(Cl)c2)c1. The van der Waals surface area contributed by atoms with Crippen molar-refractivity contribution in [1.29, 1.82) is 0 Å². The first-order valence-corrected chi connectivity index (χ1v) is 6.33. The third-order valence-electron chi connectivity index (χ3n) is 2.37. The number of rotatable bonds is 4. The Labute approximate surface area is 120 Å². The fourth-order valence-electron chi connectivity index (χ4n) is 1.57. The van der Waals surface area contributed by atoms with Crippen LogP contribution in [0, 0.1) is 0 Å². The van der Waals surface area contributed by atoms with Crippen LogP contribution in [0.1, 0.15) is 10.5 Å². The number of hydrogen-bond acceptors (Lipinski definition) is 3. The molecule has 0 aliphatic heterocycles. The molecule has 0 saturated carbocycles. The molecule has 0 unspecified atom stereocenters. The minimum absolute atomic E-state index is 0.310. The molecule has 0 saturated heterocycles. The molecule has 2 aromatic rings. The summed E-state index contributed by atoms with van der Waals surface area (Å²) in [4.78, 5) is 16.0. The number of nitrogens with zero attached hydrogens (tertiary/aromatic N) is 2. The van der Waals surface area contributed by atoms with Crippen molar-refractivity contribution in [3.05, 3.63) is 46.5 Å². The van der Waals surface area contributed by atoms with E-state index >= 15 is 0 Å². The van der Waals surface area contributed by atoms with Gasteiger partial charge >= 0.3 is 0 Å². The highest BCUT2D eigenvalue weighted by Crippen LogP contribution is 2.22. The number of amides is 1. The largest absolute Gasteiger partial charge is 0.335 e. The molecule has 100 valence electrons. The van der Waals surface area contributed by atoms with E-state index in [0.29, 0.717) is 34.5 Å². The van der Waals surface area contributed by atoms with Crippen LogP contribution in [0.25, 0.3) is 0 Å². The minimum atomic E-state index is -0.325. The van der Waals surface area contributed by atoms with Crippen LogP contribution in [0.5, 0.6) is 0 Å². The number of imidazole rings is 1. The Balaban J connectivity index is 2.11. The fraction of sp³-hybridized carbons (Fsp3) is 0.167. The Hall–Kier alpha value is -1.56. The zero-order valence-electron chi connectivity index (χ0n) is 9.94. The summed E-state index contributed by atoms with van der Waals surface area (Å²) in [5, 5.41) is 3.59. The van der Waals surface area contributed by atoms with E-state index < -0.39 is 0 Å². The van der Waals surface area contributed by atoms with Crippen molar-refractivity contribution < 1.29 is 4.79 Å². The molecule has 19 heavy (non-hydrogen) atoms. The van der Waals surface area contributed by atoms with Gasteiger partial charge in [0.15, 0.2) is 0 Å². The molecule has 1 amide bonds. The Morgan fingerprint density at radius 3 is 2.63 bits per heavy atom. The van der Waals surface area contributed by atoms with Gasteiger partial charge < -0.3 is 15.6 Å². The molecular weight excluding hydrogens is 287 g/mol. The molecule has 3 N–H and O–H groups in total. The van der Waals surface area contributed by atoms with Gasteiger partial charge in [0.1, 0.15) is 5.69 Å². The van der Waals surface area contributed by atoms with E-state index in [1.807, 2.05) is 0 Å². The van der Waals surface area contributed by atoms with E-state index in [4.69, 9.17) is 28.9 Å². The van der Waals surface area contributed by atoms with Gasteiger partial charge in [-0.25, -0.2) is 4.98 Å². The topological polar surface area (TPSA) is 72.9 Å². The molecule has 7 heteroatoms. The van der Waals surface area contributed by atoms with E-state index in [-0.39, 0.29) is 5.91 Å². The molecule has 0 bridgehead atoms. The fourth-order valence-corrected chi connectivity index (χ4v) is 2.10. The summed E-state index contributed by atoms with van der Waals surface area (Å²) >= 11 is 11.7. The summed E-state index contributed by atoms with van der Waals surface area (Å²) in [5.74, 6) is -0.325. The zero-order chi connectivity index (χ0) is 13.8. The number of carbonyl (C=O) groups excluding carboxylic acids is 1. The maximum Gasteiger partial charge on any atom is 0.275 e. The molecular formula is C12H12Cl2N4O. The van der Waals surface area contributed by atoms with Crippen molar-refractivity contribution in [1.82, 2.24) is 9.55 Å². The molecule has 0 radical (unpaired) electrons. The number of anilines is 1. The first-order valence-electron chi connectivity index (χ1n) is 5.58. The molecule has 1 heterocycles. The van der Waals surface area contributed by atoms with Crippen LogP contribution in [0.15, 0.2) is 30.7 Å². The maximum absolute atomic E-state index is 11.9. The second kappa shape index (κ2) is 6.06. The lowest BCUT2D eigenvalue weighted by Gasteiger charge is -2.04. The zero-order valence-corrected chi connectivity index (χ0v) is 11.4. The third kappa shape index (κ3) is 3.70. The first kappa shape index (κ1) is 13.9. The second-order valence-electron chi connectivity index (χ2n) is 3.90. The predicted octanol–water partition coefficient (Wildman–Crippen LogP) is 2.40. The summed E-state index contributed by atoms with van der Waals surface area (Å²) in [6.45, 7) is 1.10. The molecule has 0 aliphatic rings. The van der Waals surface area contributed by atoms with Crippen molar-refractivity contribution in [3.8, 4) is 0 Å². The molecule has 2 rings (SSSR count). The molecule has 0 spiro atoms. The van der Waals surface area contributed by atoms with Gasteiger partial charge in [0.25, 0.3) is 5.91 Å². The van der Waals surface area contributed by atoms with Crippen LogP contribution in [0.4, 0.5) is 5.69 Å². The molecule has 0 aliphatic carbocycles. The van der Waals surface area contributed by atoms with Gasteiger partial charge in [0.05, 0.1) is 6.33 Å². The Bertz CT molecular complexity index is 577. The van der Waals surface area contributed by atoms with Crippen molar-refractivity contribution in [3.63, 3.8) is 0 Å². The summed E-state index contributed by atoms with van der Waals surface area (Å²) < 4.78 is 1.75. The van der Waals surface area contributed by atoms with E-state index in [1.165, 1.54) is 0 Å². The lowest BCUT2D eigenvalue weighted by molar-refractivity contribution is 0.102. The summed E-state index contributed by atoms with van der Waals surface area (Å²) in [6.07, 6.45) is 3.20. The third-order valence-corrected chi connectivity index (χ3v) is 2.81. The first-order chi connectivity index (χ1) is 9.08. The van der Waals surface area contributed by atoms with Gasteiger partial charge in [0.2, 0.25) is 0 Å². The van der Waals surface area contributed by atoms with Gasteiger partial charge in [-0.05, 0) is 18.2 Å².